The lowest BCUT2D eigenvalue weighted by molar-refractivity contribution is -0.137. The molecule has 0 radical (unpaired) electrons. The van der Waals surface area contributed by atoms with Gasteiger partial charge in [-0.15, -0.1) is 0 Å². The van der Waals surface area contributed by atoms with Crippen molar-refractivity contribution in [3.63, 3.8) is 0 Å². The summed E-state index contributed by atoms with van der Waals surface area (Å²) in [6.45, 7) is 8.37. The summed E-state index contributed by atoms with van der Waals surface area (Å²) in [4.78, 5) is 12.9. The Hall–Kier alpha value is -0.220. The Morgan fingerprint density at radius 1 is 1.56 bits per heavy atom. The summed E-state index contributed by atoms with van der Waals surface area (Å²) >= 11 is 2.00. The highest BCUT2D eigenvalue weighted by Crippen LogP contribution is 2.35. The van der Waals surface area contributed by atoms with Gasteiger partial charge in [-0.05, 0) is 24.1 Å². The molecule has 0 spiro atoms. The Morgan fingerprint density at radius 3 is 2.75 bits per heavy atom. The zero-order chi connectivity index (χ0) is 12.2. The van der Waals surface area contributed by atoms with Gasteiger partial charge >= 0.3 is 5.97 Å². The fraction of sp³-hybridized carbons (Fsp3) is 0.917. The van der Waals surface area contributed by atoms with Gasteiger partial charge < -0.3 is 5.11 Å². The van der Waals surface area contributed by atoms with Gasteiger partial charge in [-0.25, -0.2) is 0 Å². The smallest absolute Gasteiger partial charge is 0.304 e. The number of carboxylic acids is 1. The Morgan fingerprint density at radius 2 is 2.25 bits per heavy atom. The van der Waals surface area contributed by atoms with Crippen LogP contribution < -0.4 is 0 Å². The van der Waals surface area contributed by atoms with Crippen LogP contribution in [0.1, 0.15) is 33.6 Å². The zero-order valence-corrected chi connectivity index (χ0v) is 11.3. The monoisotopic (exact) mass is 245 g/mol. The van der Waals surface area contributed by atoms with Gasteiger partial charge in [-0.1, -0.05) is 20.8 Å². The lowest BCUT2D eigenvalue weighted by Gasteiger charge is -2.40. The van der Waals surface area contributed by atoms with Crippen molar-refractivity contribution < 1.29 is 9.90 Å². The van der Waals surface area contributed by atoms with Crippen molar-refractivity contribution in [3.05, 3.63) is 0 Å². The molecular formula is C12H23NO2S. The maximum atomic E-state index is 10.6. The maximum absolute atomic E-state index is 10.6. The van der Waals surface area contributed by atoms with E-state index in [4.69, 9.17) is 5.11 Å². The Balaban J connectivity index is 2.48. The molecule has 4 heteroatoms. The first-order chi connectivity index (χ1) is 7.44. The van der Waals surface area contributed by atoms with Gasteiger partial charge in [-0.2, -0.15) is 11.8 Å². The molecule has 1 heterocycles. The summed E-state index contributed by atoms with van der Waals surface area (Å²) in [7, 11) is 0. The van der Waals surface area contributed by atoms with Crippen LogP contribution in [0.4, 0.5) is 0 Å². The molecule has 1 aliphatic heterocycles. The summed E-state index contributed by atoms with van der Waals surface area (Å²) < 4.78 is 0. The standard InChI is InChI=1S/C12H23NO2S/c1-4-13(6-5-11(14)15)10-7-12(2,3)9-16-8-10/h10H,4-9H2,1-3H3,(H,14,15). The van der Waals surface area contributed by atoms with Crippen LogP contribution >= 0.6 is 11.8 Å². The molecule has 1 aliphatic rings. The van der Waals surface area contributed by atoms with E-state index in [9.17, 15) is 4.79 Å². The second-order valence-electron chi connectivity index (χ2n) is 5.31. The molecular weight excluding hydrogens is 222 g/mol. The predicted molar refractivity (Wildman–Crippen MR) is 69.0 cm³/mol. The average Bonchev–Trinajstić information content (AvgIpc) is 2.16. The van der Waals surface area contributed by atoms with E-state index in [0.29, 0.717) is 18.0 Å². The van der Waals surface area contributed by atoms with E-state index in [-0.39, 0.29) is 6.42 Å². The predicted octanol–water partition coefficient (Wildman–Crippen LogP) is 2.31. The summed E-state index contributed by atoms with van der Waals surface area (Å²) in [5.41, 5.74) is 0.393. The highest BCUT2D eigenvalue weighted by Gasteiger charge is 2.31. The van der Waals surface area contributed by atoms with E-state index in [1.807, 2.05) is 11.8 Å². The van der Waals surface area contributed by atoms with Crippen LogP contribution in [0.15, 0.2) is 0 Å². The van der Waals surface area contributed by atoms with Gasteiger partial charge in [0.1, 0.15) is 0 Å². The SMILES string of the molecule is CCN(CCC(=O)O)C1CSCC(C)(C)C1. The maximum Gasteiger partial charge on any atom is 0.304 e. The van der Waals surface area contributed by atoms with Crippen LogP contribution in [0.25, 0.3) is 0 Å². The summed E-state index contributed by atoms with van der Waals surface area (Å²) in [5.74, 6) is 1.68. The number of carbonyl (C=O) groups is 1. The molecule has 1 N–H and O–H groups in total. The molecule has 1 saturated heterocycles. The molecule has 1 atom stereocenters. The molecule has 0 aromatic carbocycles. The van der Waals surface area contributed by atoms with E-state index < -0.39 is 5.97 Å². The fourth-order valence-corrected chi connectivity index (χ4v) is 3.69. The fourth-order valence-electron chi connectivity index (χ4n) is 2.30. The molecule has 0 saturated carbocycles. The van der Waals surface area contributed by atoms with Crippen molar-refractivity contribution in [2.45, 2.75) is 39.7 Å². The number of hydrogen-bond acceptors (Lipinski definition) is 3. The minimum Gasteiger partial charge on any atom is -0.481 e. The van der Waals surface area contributed by atoms with Crippen molar-refractivity contribution >= 4 is 17.7 Å². The van der Waals surface area contributed by atoms with Crippen LogP contribution in [0, 0.1) is 5.41 Å². The summed E-state index contributed by atoms with van der Waals surface area (Å²) in [6.07, 6.45) is 1.45. The molecule has 1 rings (SSSR count). The topological polar surface area (TPSA) is 40.5 Å². The molecule has 1 unspecified atom stereocenters. The normalized spacial score (nSPS) is 24.6. The van der Waals surface area contributed by atoms with Crippen molar-refractivity contribution in [1.29, 1.82) is 0 Å². The molecule has 94 valence electrons. The van der Waals surface area contributed by atoms with Gasteiger partial charge in [0.05, 0.1) is 6.42 Å². The van der Waals surface area contributed by atoms with E-state index in [1.54, 1.807) is 0 Å². The number of rotatable bonds is 5. The largest absolute Gasteiger partial charge is 0.481 e. The van der Waals surface area contributed by atoms with Crippen molar-refractivity contribution in [3.8, 4) is 0 Å². The number of hydrogen-bond donors (Lipinski definition) is 1. The number of nitrogens with zero attached hydrogens (tertiary/aromatic N) is 1. The third-order valence-electron chi connectivity index (χ3n) is 3.13. The second kappa shape index (κ2) is 5.92. The van der Waals surface area contributed by atoms with Crippen molar-refractivity contribution in [2.75, 3.05) is 24.6 Å². The van der Waals surface area contributed by atoms with Gasteiger partial charge in [0.2, 0.25) is 0 Å². The quantitative estimate of drug-likeness (QED) is 0.807. The number of carboxylic acid groups (broad SMARTS) is 1. The Bertz CT molecular complexity index is 243. The summed E-state index contributed by atoms with van der Waals surface area (Å²) in [5, 5.41) is 8.73. The minimum atomic E-state index is -0.693. The zero-order valence-electron chi connectivity index (χ0n) is 10.5. The molecule has 0 aliphatic carbocycles. The van der Waals surface area contributed by atoms with Crippen LogP contribution in [0.2, 0.25) is 0 Å². The van der Waals surface area contributed by atoms with Gasteiger partial charge in [0.25, 0.3) is 0 Å². The number of aliphatic carboxylic acids is 1. The third kappa shape index (κ3) is 4.34. The molecule has 3 nitrogen and oxygen atoms in total. The average molecular weight is 245 g/mol. The first kappa shape index (κ1) is 13.8. The Labute approximate surface area is 103 Å². The lowest BCUT2D eigenvalue weighted by Crippen LogP contribution is -2.44. The number of thioether (sulfide) groups is 1. The first-order valence-corrected chi connectivity index (χ1v) is 7.13. The minimum absolute atomic E-state index is 0.259. The molecule has 0 amide bonds. The van der Waals surface area contributed by atoms with E-state index >= 15 is 0 Å². The summed E-state index contributed by atoms with van der Waals surface area (Å²) in [6, 6.07) is 0.554. The highest BCUT2D eigenvalue weighted by molar-refractivity contribution is 7.99. The molecule has 16 heavy (non-hydrogen) atoms. The Kier molecular flexibility index (Phi) is 5.12. The molecule has 0 aromatic heterocycles. The van der Waals surface area contributed by atoms with Crippen molar-refractivity contribution in [2.24, 2.45) is 5.41 Å². The van der Waals surface area contributed by atoms with Crippen LogP contribution in [-0.4, -0.2) is 46.6 Å². The highest BCUT2D eigenvalue weighted by atomic mass is 32.2. The van der Waals surface area contributed by atoms with Crippen LogP contribution in [0.3, 0.4) is 0 Å². The van der Waals surface area contributed by atoms with E-state index in [0.717, 1.165) is 12.3 Å². The molecule has 0 bridgehead atoms. The molecule has 1 fully saturated rings. The van der Waals surface area contributed by atoms with Gasteiger partial charge in [0, 0.05) is 18.3 Å². The van der Waals surface area contributed by atoms with Crippen molar-refractivity contribution in [1.82, 2.24) is 4.90 Å². The second-order valence-corrected chi connectivity index (χ2v) is 6.34. The molecule has 0 aromatic rings. The van der Waals surface area contributed by atoms with E-state index in [1.165, 1.54) is 12.2 Å². The van der Waals surface area contributed by atoms with Gasteiger partial charge in [0.15, 0.2) is 0 Å². The van der Waals surface area contributed by atoms with Crippen LogP contribution in [0.5, 0.6) is 0 Å². The van der Waals surface area contributed by atoms with Crippen LogP contribution in [-0.2, 0) is 4.79 Å². The lowest BCUT2D eigenvalue weighted by atomic mass is 9.87. The third-order valence-corrected chi connectivity index (χ3v) is 4.73. The van der Waals surface area contributed by atoms with E-state index in [2.05, 4.69) is 25.7 Å². The van der Waals surface area contributed by atoms with Gasteiger partial charge in [-0.3, -0.25) is 9.69 Å². The first-order valence-electron chi connectivity index (χ1n) is 5.98.